The van der Waals surface area contributed by atoms with Gasteiger partial charge in [-0.25, -0.2) is 8.42 Å². The van der Waals surface area contributed by atoms with Crippen molar-refractivity contribution in [3.8, 4) is 17.2 Å². The number of ether oxygens (including phenoxy) is 1. The summed E-state index contributed by atoms with van der Waals surface area (Å²) in [4.78, 5) is 0.184. The van der Waals surface area contributed by atoms with Crippen LogP contribution in [0.5, 0.6) is 17.2 Å². The quantitative estimate of drug-likeness (QED) is 0.407. The zero-order chi connectivity index (χ0) is 23.2. The summed E-state index contributed by atoms with van der Waals surface area (Å²) in [6.45, 7) is 0. The molecule has 0 saturated carbocycles. The molecule has 0 saturated heterocycles. The molecule has 0 bridgehead atoms. The molecule has 0 fully saturated rings. The van der Waals surface area contributed by atoms with Crippen LogP contribution in [0.4, 0.5) is 11.4 Å². The zero-order valence-electron chi connectivity index (χ0n) is 17.9. The van der Waals surface area contributed by atoms with Gasteiger partial charge in [-0.3, -0.25) is 4.72 Å². The molecule has 3 atom stereocenters. The minimum atomic E-state index is -3.78. The molecule has 3 unspecified atom stereocenters. The van der Waals surface area contributed by atoms with Gasteiger partial charge in [-0.1, -0.05) is 12.2 Å². The van der Waals surface area contributed by atoms with Gasteiger partial charge in [0.25, 0.3) is 10.0 Å². The van der Waals surface area contributed by atoms with E-state index in [2.05, 4.69) is 22.2 Å². The SMILES string of the molecule is COc1ccc(NS(=O)(=O)c2ccc3c(c2)C2C=CCC2C(c2ccc(O)cc2O)N3)cc1. The Hall–Kier alpha value is -3.65. The largest absolute Gasteiger partial charge is 0.508 e. The van der Waals surface area contributed by atoms with Gasteiger partial charge in [0.2, 0.25) is 0 Å². The second kappa shape index (κ2) is 8.04. The van der Waals surface area contributed by atoms with E-state index in [1.165, 1.54) is 6.07 Å². The maximum absolute atomic E-state index is 13.1. The number of anilines is 2. The molecule has 1 aliphatic heterocycles. The van der Waals surface area contributed by atoms with E-state index in [1.807, 2.05) is 0 Å². The highest BCUT2D eigenvalue weighted by molar-refractivity contribution is 7.92. The fourth-order valence-electron chi connectivity index (χ4n) is 4.72. The number of fused-ring (bicyclic) bond motifs is 3. The molecule has 2 aliphatic rings. The lowest BCUT2D eigenvalue weighted by Gasteiger charge is -2.38. The third-order valence-corrected chi connectivity index (χ3v) is 7.71. The van der Waals surface area contributed by atoms with Crippen molar-refractivity contribution in [2.45, 2.75) is 23.3 Å². The van der Waals surface area contributed by atoms with Crippen molar-refractivity contribution in [2.24, 2.45) is 5.92 Å². The molecule has 1 heterocycles. The maximum Gasteiger partial charge on any atom is 0.261 e. The van der Waals surface area contributed by atoms with Crippen LogP contribution in [0.25, 0.3) is 0 Å². The van der Waals surface area contributed by atoms with Crippen LogP contribution >= 0.6 is 0 Å². The van der Waals surface area contributed by atoms with Crippen LogP contribution in [0.3, 0.4) is 0 Å². The number of allylic oxidation sites excluding steroid dienone is 2. The molecule has 7 nitrogen and oxygen atoms in total. The molecule has 8 heteroatoms. The predicted molar refractivity (Wildman–Crippen MR) is 126 cm³/mol. The lowest BCUT2D eigenvalue weighted by Crippen LogP contribution is -2.29. The van der Waals surface area contributed by atoms with Crippen molar-refractivity contribution < 1.29 is 23.4 Å². The number of methoxy groups -OCH3 is 1. The predicted octanol–water partition coefficient (Wildman–Crippen LogP) is 4.73. The Kier molecular flexibility index (Phi) is 5.17. The molecular weight excluding hydrogens is 440 g/mol. The number of sulfonamides is 1. The summed E-state index contributed by atoms with van der Waals surface area (Å²) in [5.74, 6) is 0.805. The number of rotatable bonds is 5. The minimum absolute atomic E-state index is 0.00719. The fourth-order valence-corrected chi connectivity index (χ4v) is 5.81. The van der Waals surface area contributed by atoms with Crippen molar-refractivity contribution in [3.63, 3.8) is 0 Å². The third kappa shape index (κ3) is 3.87. The number of phenolic OH excluding ortho intramolecular Hbond substituents is 2. The van der Waals surface area contributed by atoms with Gasteiger partial charge in [-0.05, 0) is 72.5 Å². The van der Waals surface area contributed by atoms with Crippen molar-refractivity contribution >= 4 is 21.4 Å². The lowest BCUT2D eigenvalue weighted by atomic mass is 9.77. The van der Waals surface area contributed by atoms with E-state index in [9.17, 15) is 18.6 Å². The van der Waals surface area contributed by atoms with Gasteiger partial charge in [0.1, 0.15) is 17.2 Å². The van der Waals surface area contributed by atoms with Crippen molar-refractivity contribution in [3.05, 3.63) is 83.9 Å². The molecule has 0 amide bonds. The molecule has 4 N–H and O–H groups in total. The van der Waals surface area contributed by atoms with Crippen molar-refractivity contribution in [1.29, 1.82) is 0 Å². The number of benzene rings is 3. The molecule has 1 aliphatic carbocycles. The van der Waals surface area contributed by atoms with Crippen LogP contribution in [0.1, 0.15) is 29.5 Å². The van der Waals surface area contributed by atoms with E-state index in [0.717, 1.165) is 17.7 Å². The molecule has 0 aromatic heterocycles. The first-order chi connectivity index (χ1) is 15.9. The fraction of sp³-hybridized carbons (Fsp3) is 0.200. The molecule has 3 aromatic rings. The summed E-state index contributed by atoms with van der Waals surface area (Å²) in [7, 11) is -2.23. The van der Waals surface area contributed by atoms with E-state index in [4.69, 9.17) is 4.74 Å². The molecular formula is C25H24N2O5S. The first-order valence-electron chi connectivity index (χ1n) is 10.6. The van der Waals surface area contributed by atoms with Crippen molar-refractivity contribution in [2.75, 3.05) is 17.1 Å². The highest BCUT2D eigenvalue weighted by Crippen LogP contribution is 2.51. The van der Waals surface area contributed by atoms with Gasteiger partial charge < -0.3 is 20.3 Å². The topological polar surface area (TPSA) is 108 Å². The summed E-state index contributed by atoms with van der Waals surface area (Å²) in [5.41, 5.74) is 2.88. The first-order valence-corrected chi connectivity index (χ1v) is 12.1. The minimum Gasteiger partial charge on any atom is -0.508 e. The summed E-state index contributed by atoms with van der Waals surface area (Å²) in [6, 6.07) is 16.2. The van der Waals surface area contributed by atoms with Gasteiger partial charge in [0, 0.05) is 28.9 Å². The van der Waals surface area contributed by atoms with E-state index >= 15 is 0 Å². The Labute approximate surface area is 192 Å². The first kappa shape index (κ1) is 21.2. The Bertz CT molecular complexity index is 1340. The highest BCUT2D eigenvalue weighted by Gasteiger charge is 2.39. The summed E-state index contributed by atoms with van der Waals surface area (Å²) in [6.07, 6.45) is 4.98. The number of phenols is 2. The van der Waals surface area contributed by atoms with Gasteiger partial charge in [0.05, 0.1) is 18.0 Å². The average Bonchev–Trinajstić information content (AvgIpc) is 3.29. The standard InChI is InChI=1S/C25H24N2O5S/c1-32-17-8-5-15(6-9-17)27-33(30,31)18-10-12-23-22(14-18)19-3-2-4-20(19)25(26-23)21-11-7-16(28)13-24(21)29/h2-3,5-14,19-20,25-29H,4H2,1H3. The van der Waals surface area contributed by atoms with Crippen LogP contribution in [-0.2, 0) is 10.0 Å². The highest BCUT2D eigenvalue weighted by atomic mass is 32.2. The van der Waals surface area contributed by atoms with Crippen LogP contribution in [0.15, 0.2) is 77.7 Å². The van der Waals surface area contributed by atoms with Gasteiger partial charge in [0.15, 0.2) is 0 Å². The van der Waals surface area contributed by atoms with Gasteiger partial charge in [-0.15, -0.1) is 0 Å². The number of hydrogen-bond donors (Lipinski definition) is 4. The second-order valence-corrected chi connectivity index (χ2v) is 9.98. The van der Waals surface area contributed by atoms with Crippen LogP contribution in [0.2, 0.25) is 0 Å². The van der Waals surface area contributed by atoms with Crippen LogP contribution in [-0.4, -0.2) is 25.7 Å². The van der Waals surface area contributed by atoms with E-state index in [-0.39, 0.29) is 34.3 Å². The molecule has 0 spiro atoms. The molecule has 170 valence electrons. The monoisotopic (exact) mass is 464 g/mol. The maximum atomic E-state index is 13.1. The normalized spacial score (nSPS) is 21.1. The summed E-state index contributed by atoms with van der Waals surface area (Å²) < 4.78 is 33.9. The number of aromatic hydroxyl groups is 2. The third-order valence-electron chi connectivity index (χ3n) is 6.34. The summed E-state index contributed by atoms with van der Waals surface area (Å²) in [5, 5.41) is 23.6. The van der Waals surface area contributed by atoms with Crippen LogP contribution < -0.4 is 14.8 Å². The van der Waals surface area contributed by atoms with Crippen molar-refractivity contribution in [1.82, 2.24) is 0 Å². The number of nitrogens with one attached hydrogen (secondary N) is 2. The zero-order valence-corrected chi connectivity index (χ0v) is 18.7. The molecule has 5 rings (SSSR count). The Morgan fingerprint density at radius 2 is 1.79 bits per heavy atom. The molecule has 3 aromatic carbocycles. The Morgan fingerprint density at radius 1 is 1.00 bits per heavy atom. The van der Waals surface area contributed by atoms with Gasteiger partial charge >= 0.3 is 0 Å². The molecule has 0 radical (unpaired) electrons. The van der Waals surface area contributed by atoms with E-state index in [1.54, 1.807) is 61.7 Å². The second-order valence-electron chi connectivity index (χ2n) is 8.30. The average molecular weight is 465 g/mol. The lowest BCUT2D eigenvalue weighted by molar-refractivity contribution is 0.398. The Morgan fingerprint density at radius 3 is 2.52 bits per heavy atom. The van der Waals surface area contributed by atoms with E-state index in [0.29, 0.717) is 17.0 Å². The molecule has 33 heavy (non-hydrogen) atoms. The number of hydrogen-bond acceptors (Lipinski definition) is 6. The van der Waals surface area contributed by atoms with Crippen LogP contribution in [0, 0.1) is 5.92 Å². The summed E-state index contributed by atoms with van der Waals surface area (Å²) >= 11 is 0. The van der Waals surface area contributed by atoms with E-state index < -0.39 is 10.0 Å². The smallest absolute Gasteiger partial charge is 0.261 e. The van der Waals surface area contributed by atoms with Gasteiger partial charge in [-0.2, -0.15) is 0 Å². The Balaban J connectivity index is 1.47.